The van der Waals surface area contributed by atoms with Crippen molar-refractivity contribution in [1.82, 2.24) is 10.6 Å². The standard InChI is InChI=1S/C14H18ClN3OS.HI/c1-2-16-14(18-10-11-4-3-9-19-11)17-8-7-12-5-6-13(15)20-12;/h3-6,9H,2,7-8,10H2,1H3,(H2,16,17,18);1H. The van der Waals surface area contributed by atoms with Crippen molar-refractivity contribution in [3.05, 3.63) is 45.5 Å². The average molecular weight is 440 g/mol. The second-order valence-corrected chi connectivity index (χ2v) is 5.96. The zero-order chi connectivity index (χ0) is 14.2. The molecule has 0 amide bonds. The second-order valence-electron chi connectivity index (χ2n) is 4.16. The number of furan rings is 1. The zero-order valence-electron chi connectivity index (χ0n) is 11.8. The van der Waals surface area contributed by atoms with Crippen molar-refractivity contribution in [2.24, 2.45) is 4.99 Å². The van der Waals surface area contributed by atoms with E-state index in [0.29, 0.717) is 6.54 Å². The van der Waals surface area contributed by atoms with Gasteiger partial charge in [0.2, 0.25) is 0 Å². The van der Waals surface area contributed by atoms with Gasteiger partial charge in [-0.05, 0) is 37.6 Å². The van der Waals surface area contributed by atoms with Crippen molar-refractivity contribution in [1.29, 1.82) is 0 Å². The molecule has 0 bridgehead atoms. The number of halogens is 2. The third-order valence-corrected chi connectivity index (χ3v) is 3.90. The van der Waals surface area contributed by atoms with Gasteiger partial charge in [0.05, 0.1) is 10.6 Å². The molecule has 0 atom stereocenters. The number of hydrogen-bond donors (Lipinski definition) is 2. The number of guanidine groups is 1. The molecule has 0 aliphatic rings. The van der Waals surface area contributed by atoms with E-state index in [2.05, 4.69) is 21.7 Å². The third-order valence-electron chi connectivity index (χ3n) is 2.61. The lowest BCUT2D eigenvalue weighted by Gasteiger charge is -2.10. The van der Waals surface area contributed by atoms with E-state index < -0.39 is 0 Å². The molecule has 0 unspecified atom stereocenters. The van der Waals surface area contributed by atoms with E-state index in [1.165, 1.54) is 4.88 Å². The Morgan fingerprint density at radius 1 is 1.33 bits per heavy atom. The molecule has 0 aromatic carbocycles. The lowest BCUT2D eigenvalue weighted by molar-refractivity contribution is 0.512. The molecule has 0 radical (unpaired) electrons. The van der Waals surface area contributed by atoms with Gasteiger partial charge in [0.15, 0.2) is 5.96 Å². The summed E-state index contributed by atoms with van der Waals surface area (Å²) in [4.78, 5) is 5.74. The first-order valence-corrected chi connectivity index (χ1v) is 7.76. The fourth-order valence-electron chi connectivity index (χ4n) is 1.69. The van der Waals surface area contributed by atoms with Gasteiger partial charge in [0, 0.05) is 18.0 Å². The Kier molecular flexibility index (Phi) is 8.79. The highest BCUT2D eigenvalue weighted by Crippen LogP contribution is 2.21. The number of rotatable bonds is 6. The Labute approximate surface area is 151 Å². The summed E-state index contributed by atoms with van der Waals surface area (Å²) in [6.45, 7) is 4.23. The van der Waals surface area contributed by atoms with Crippen molar-refractivity contribution < 1.29 is 4.42 Å². The summed E-state index contributed by atoms with van der Waals surface area (Å²) in [6.07, 6.45) is 2.59. The molecule has 2 aromatic heterocycles. The van der Waals surface area contributed by atoms with Crippen molar-refractivity contribution in [2.75, 3.05) is 13.1 Å². The SMILES string of the molecule is CCNC(=NCc1ccco1)NCCc1ccc(Cl)s1.I. The minimum atomic E-state index is 0. The Morgan fingerprint density at radius 2 is 2.19 bits per heavy atom. The maximum absolute atomic E-state index is 5.91. The van der Waals surface area contributed by atoms with Crippen LogP contribution in [-0.2, 0) is 13.0 Å². The van der Waals surface area contributed by atoms with Crippen molar-refractivity contribution in [3.8, 4) is 0 Å². The first kappa shape index (κ1) is 18.3. The number of thiophene rings is 1. The summed E-state index contributed by atoms with van der Waals surface area (Å²) < 4.78 is 6.09. The Bertz CT molecular complexity index is 542. The fourth-order valence-corrected chi connectivity index (χ4v) is 2.78. The molecular formula is C14H19ClIN3OS. The minimum absolute atomic E-state index is 0. The number of aliphatic imine (C=N–C) groups is 1. The van der Waals surface area contributed by atoms with Gasteiger partial charge in [-0.15, -0.1) is 35.3 Å². The van der Waals surface area contributed by atoms with Crippen LogP contribution in [0.3, 0.4) is 0 Å². The Hall–Kier alpha value is -0.730. The molecule has 0 spiro atoms. The largest absolute Gasteiger partial charge is 0.467 e. The van der Waals surface area contributed by atoms with Crippen LogP contribution in [0.5, 0.6) is 0 Å². The van der Waals surface area contributed by atoms with Crippen LogP contribution in [0.15, 0.2) is 39.9 Å². The molecule has 4 nitrogen and oxygen atoms in total. The molecule has 21 heavy (non-hydrogen) atoms. The molecule has 2 rings (SSSR count). The molecule has 0 fully saturated rings. The van der Waals surface area contributed by atoms with Gasteiger partial charge >= 0.3 is 0 Å². The summed E-state index contributed by atoms with van der Waals surface area (Å²) >= 11 is 7.52. The van der Waals surface area contributed by atoms with Gasteiger partial charge in [-0.3, -0.25) is 0 Å². The van der Waals surface area contributed by atoms with Crippen LogP contribution in [0.25, 0.3) is 0 Å². The molecule has 7 heteroatoms. The summed E-state index contributed by atoms with van der Waals surface area (Å²) in [7, 11) is 0. The maximum Gasteiger partial charge on any atom is 0.191 e. The van der Waals surface area contributed by atoms with Gasteiger partial charge in [-0.25, -0.2) is 4.99 Å². The minimum Gasteiger partial charge on any atom is -0.467 e. The molecule has 0 saturated carbocycles. The van der Waals surface area contributed by atoms with E-state index >= 15 is 0 Å². The molecule has 0 saturated heterocycles. The topological polar surface area (TPSA) is 49.6 Å². The van der Waals surface area contributed by atoms with Crippen molar-refractivity contribution in [3.63, 3.8) is 0 Å². The van der Waals surface area contributed by atoms with Crippen LogP contribution in [0, 0.1) is 0 Å². The van der Waals surface area contributed by atoms with E-state index in [0.717, 1.165) is 35.6 Å². The highest BCUT2D eigenvalue weighted by atomic mass is 127. The Morgan fingerprint density at radius 3 is 2.81 bits per heavy atom. The lowest BCUT2D eigenvalue weighted by Crippen LogP contribution is -2.38. The summed E-state index contributed by atoms with van der Waals surface area (Å²) in [5, 5.41) is 6.51. The first-order valence-electron chi connectivity index (χ1n) is 6.56. The maximum atomic E-state index is 5.91. The van der Waals surface area contributed by atoms with Crippen LogP contribution in [0.1, 0.15) is 17.6 Å². The van der Waals surface area contributed by atoms with E-state index in [9.17, 15) is 0 Å². The summed E-state index contributed by atoms with van der Waals surface area (Å²) in [6, 6.07) is 7.77. The number of nitrogens with one attached hydrogen (secondary N) is 2. The molecular weight excluding hydrogens is 421 g/mol. The van der Waals surface area contributed by atoms with E-state index in [-0.39, 0.29) is 24.0 Å². The predicted molar refractivity (Wildman–Crippen MR) is 100.0 cm³/mol. The molecule has 2 heterocycles. The third kappa shape index (κ3) is 6.71. The van der Waals surface area contributed by atoms with Crippen molar-refractivity contribution >= 4 is 52.9 Å². The van der Waals surface area contributed by atoms with Crippen LogP contribution >= 0.6 is 46.9 Å². The normalized spacial score (nSPS) is 11.0. The van der Waals surface area contributed by atoms with Gasteiger partial charge in [0.25, 0.3) is 0 Å². The zero-order valence-corrected chi connectivity index (χ0v) is 15.7. The first-order chi connectivity index (χ1) is 9.78. The molecule has 116 valence electrons. The van der Waals surface area contributed by atoms with Gasteiger partial charge in [-0.2, -0.15) is 0 Å². The highest BCUT2D eigenvalue weighted by molar-refractivity contribution is 14.0. The van der Waals surface area contributed by atoms with Crippen LogP contribution in [-0.4, -0.2) is 19.0 Å². The molecule has 2 aromatic rings. The van der Waals surface area contributed by atoms with E-state index in [1.807, 2.05) is 25.1 Å². The predicted octanol–water partition coefficient (Wildman–Crippen LogP) is 3.91. The lowest BCUT2D eigenvalue weighted by atomic mass is 10.3. The fraction of sp³-hybridized carbons (Fsp3) is 0.357. The second kappa shape index (κ2) is 10.1. The van der Waals surface area contributed by atoms with E-state index in [1.54, 1.807) is 17.6 Å². The van der Waals surface area contributed by atoms with Crippen LogP contribution in [0.4, 0.5) is 0 Å². The van der Waals surface area contributed by atoms with Crippen LogP contribution in [0.2, 0.25) is 4.34 Å². The smallest absolute Gasteiger partial charge is 0.191 e. The highest BCUT2D eigenvalue weighted by Gasteiger charge is 2.01. The average Bonchev–Trinajstić information content (AvgIpc) is 3.08. The van der Waals surface area contributed by atoms with Crippen molar-refractivity contribution in [2.45, 2.75) is 19.9 Å². The molecule has 2 N–H and O–H groups in total. The summed E-state index contributed by atoms with van der Waals surface area (Å²) in [5.41, 5.74) is 0. The van der Waals surface area contributed by atoms with Crippen LogP contribution < -0.4 is 10.6 Å². The van der Waals surface area contributed by atoms with Gasteiger partial charge in [0.1, 0.15) is 12.3 Å². The Balaban J connectivity index is 0.00000220. The summed E-state index contributed by atoms with van der Waals surface area (Å²) in [5.74, 6) is 1.65. The number of nitrogens with zero attached hydrogens (tertiary/aromatic N) is 1. The van der Waals surface area contributed by atoms with Gasteiger partial charge in [-0.1, -0.05) is 11.6 Å². The van der Waals surface area contributed by atoms with Gasteiger partial charge < -0.3 is 15.1 Å². The molecule has 0 aliphatic carbocycles. The monoisotopic (exact) mass is 439 g/mol. The molecule has 0 aliphatic heterocycles. The number of hydrogen-bond acceptors (Lipinski definition) is 3. The quantitative estimate of drug-likeness (QED) is 0.408. The van der Waals surface area contributed by atoms with E-state index in [4.69, 9.17) is 16.0 Å².